The number of hydrogen-bond acceptors (Lipinski definition) is 2. The fraction of sp³-hybridized carbons (Fsp3) is 0.167. The first-order valence-corrected chi connectivity index (χ1v) is 5.39. The molecule has 1 aromatic carbocycles. The van der Waals surface area contributed by atoms with Gasteiger partial charge in [-0.25, -0.2) is 9.59 Å². The van der Waals surface area contributed by atoms with E-state index in [-0.39, 0.29) is 17.1 Å². The predicted molar refractivity (Wildman–Crippen MR) is 68.9 cm³/mol. The van der Waals surface area contributed by atoms with E-state index in [0.717, 1.165) is 0 Å². The molecule has 0 radical (unpaired) electrons. The largest absolute Gasteiger partial charge is 0.478 e. The zero-order valence-corrected chi connectivity index (χ0v) is 10.3. The van der Waals surface area contributed by atoms with E-state index in [1.807, 2.05) is 0 Å². The summed E-state index contributed by atoms with van der Waals surface area (Å²) in [4.78, 5) is 22.1. The summed E-state index contributed by atoms with van der Waals surface area (Å²) in [5.74, 6) is 4.20. The van der Waals surface area contributed by atoms with E-state index in [0.29, 0.717) is 5.69 Å². The van der Waals surface area contributed by atoms with Crippen LogP contribution in [-0.4, -0.2) is 23.7 Å². The molecule has 3 N–H and O–H groups in total. The van der Waals surface area contributed by atoms with Crippen molar-refractivity contribution in [3.63, 3.8) is 0 Å². The van der Waals surface area contributed by atoms with Gasteiger partial charge in [-0.05, 0) is 25.1 Å². The lowest BCUT2D eigenvalue weighted by Gasteiger charge is -2.06. The van der Waals surface area contributed by atoms with Gasteiger partial charge in [0.1, 0.15) is 0 Å². The second-order valence-electron chi connectivity index (χ2n) is 3.23. The zero-order chi connectivity index (χ0) is 13.5. The summed E-state index contributed by atoms with van der Waals surface area (Å²) in [6, 6.07) is 3.72. The van der Waals surface area contributed by atoms with E-state index in [2.05, 4.69) is 22.5 Å². The highest BCUT2D eigenvalue weighted by atomic mass is 35.5. The molecular formula is C12H11ClN2O3. The van der Waals surface area contributed by atoms with Crippen molar-refractivity contribution in [2.24, 2.45) is 0 Å². The smallest absolute Gasteiger partial charge is 0.337 e. The van der Waals surface area contributed by atoms with Crippen molar-refractivity contribution in [3.8, 4) is 11.8 Å². The minimum atomic E-state index is -1.12. The highest BCUT2D eigenvalue weighted by molar-refractivity contribution is 6.33. The number of nitrogens with one attached hydrogen (secondary N) is 2. The standard InChI is InChI=1S/C12H11ClN2O3/c1-2-3-6-14-12(18)15-8-4-5-9(11(16)17)10(13)7-8/h4-5,7H,6H2,1H3,(H,16,17)(H2,14,15,18). The van der Waals surface area contributed by atoms with Crippen molar-refractivity contribution >= 4 is 29.3 Å². The summed E-state index contributed by atoms with van der Waals surface area (Å²) in [5, 5.41) is 13.9. The third-order valence-electron chi connectivity index (χ3n) is 1.97. The quantitative estimate of drug-likeness (QED) is 0.734. The van der Waals surface area contributed by atoms with Crippen molar-refractivity contribution in [1.82, 2.24) is 5.32 Å². The van der Waals surface area contributed by atoms with Crippen LogP contribution >= 0.6 is 11.6 Å². The number of hydrogen-bond donors (Lipinski definition) is 3. The lowest BCUT2D eigenvalue weighted by molar-refractivity contribution is 0.0697. The first kappa shape index (κ1) is 13.9. The Kier molecular flexibility index (Phi) is 5.03. The fourth-order valence-electron chi connectivity index (χ4n) is 1.15. The van der Waals surface area contributed by atoms with E-state index < -0.39 is 12.0 Å². The first-order valence-electron chi connectivity index (χ1n) is 5.02. The van der Waals surface area contributed by atoms with Gasteiger partial charge < -0.3 is 15.7 Å². The number of benzene rings is 1. The summed E-state index contributed by atoms with van der Waals surface area (Å²) >= 11 is 5.76. The van der Waals surface area contributed by atoms with Gasteiger partial charge in [-0.1, -0.05) is 17.5 Å². The monoisotopic (exact) mass is 266 g/mol. The summed E-state index contributed by atoms with van der Waals surface area (Å²) < 4.78 is 0. The molecule has 0 spiro atoms. The Bertz CT molecular complexity index is 532. The van der Waals surface area contributed by atoms with Gasteiger partial charge in [0.15, 0.2) is 0 Å². The SMILES string of the molecule is CC#CCNC(=O)Nc1ccc(C(=O)O)c(Cl)c1. The maximum Gasteiger partial charge on any atom is 0.337 e. The minimum Gasteiger partial charge on any atom is -0.478 e. The van der Waals surface area contributed by atoms with E-state index in [4.69, 9.17) is 16.7 Å². The molecule has 0 atom stereocenters. The van der Waals surface area contributed by atoms with E-state index >= 15 is 0 Å². The Balaban J connectivity index is 2.67. The minimum absolute atomic E-state index is 0.0144. The number of halogens is 1. The van der Waals surface area contributed by atoms with Crippen LogP contribution < -0.4 is 10.6 Å². The van der Waals surface area contributed by atoms with Crippen molar-refractivity contribution in [2.45, 2.75) is 6.92 Å². The molecule has 0 saturated carbocycles. The lowest BCUT2D eigenvalue weighted by Crippen LogP contribution is -2.28. The molecule has 0 aliphatic carbocycles. The summed E-state index contributed by atoms with van der Waals surface area (Å²) in [6.45, 7) is 1.91. The number of amides is 2. The van der Waals surface area contributed by atoms with Gasteiger partial charge in [0.05, 0.1) is 17.1 Å². The molecule has 1 rings (SSSR count). The highest BCUT2D eigenvalue weighted by Crippen LogP contribution is 2.20. The molecule has 1 aromatic rings. The van der Waals surface area contributed by atoms with Gasteiger partial charge in [-0.15, -0.1) is 5.92 Å². The van der Waals surface area contributed by atoms with E-state index in [1.54, 1.807) is 6.92 Å². The molecule has 94 valence electrons. The van der Waals surface area contributed by atoms with Gasteiger partial charge in [0.2, 0.25) is 0 Å². The van der Waals surface area contributed by atoms with Crippen molar-refractivity contribution in [2.75, 3.05) is 11.9 Å². The van der Waals surface area contributed by atoms with Crippen LogP contribution in [0.5, 0.6) is 0 Å². The number of carbonyl (C=O) groups excluding carboxylic acids is 1. The third kappa shape index (κ3) is 4.00. The molecule has 5 nitrogen and oxygen atoms in total. The fourth-order valence-corrected chi connectivity index (χ4v) is 1.42. The van der Waals surface area contributed by atoms with E-state index in [9.17, 15) is 9.59 Å². The third-order valence-corrected chi connectivity index (χ3v) is 2.28. The van der Waals surface area contributed by atoms with Gasteiger partial charge in [0, 0.05) is 5.69 Å². The van der Waals surface area contributed by atoms with Gasteiger partial charge in [-0.3, -0.25) is 0 Å². The van der Waals surface area contributed by atoms with Crippen LogP contribution in [-0.2, 0) is 0 Å². The van der Waals surface area contributed by atoms with Gasteiger partial charge in [0.25, 0.3) is 0 Å². The Labute approximate surface area is 109 Å². The summed E-state index contributed by atoms with van der Waals surface area (Å²) in [6.07, 6.45) is 0. The van der Waals surface area contributed by atoms with Gasteiger partial charge >= 0.3 is 12.0 Å². The molecule has 0 bridgehead atoms. The van der Waals surface area contributed by atoms with Crippen LogP contribution in [0.1, 0.15) is 17.3 Å². The molecule has 0 aromatic heterocycles. The topological polar surface area (TPSA) is 78.4 Å². The molecule has 0 aliphatic rings. The second-order valence-corrected chi connectivity index (χ2v) is 3.64. The first-order chi connectivity index (χ1) is 8.54. The van der Waals surface area contributed by atoms with Crippen LogP contribution in [0.4, 0.5) is 10.5 Å². The summed E-state index contributed by atoms with van der Waals surface area (Å²) in [5.41, 5.74) is 0.395. The Morgan fingerprint density at radius 2 is 2.17 bits per heavy atom. The molecule has 0 heterocycles. The molecule has 18 heavy (non-hydrogen) atoms. The Morgan fingerprint density at radius 1 is 1.44 bits per heavy atom. The average Bonchev–Trinajstić information content (AvgIpc) is 2.28. The Morgan fingerprint density at radius 3 is 2.72 bits per heavy atom. The number of urea groups is 1. The number of carbonyl (C=O) groups is 2. The van der Waals surface area contributed by atoms with E-state index in [1.165, 1.54) is 18.2 Å². The van der Waals surface area contributed by atoms with Crippen LogP contribution in [0.2, 0.25) is 5.02 Å². The van der Waals surface area contributed by atoms with Crippen LogP contribution in [0.3, 0.4) is 0 Å². The number of carboxylic acids is 1. The normalized spacial score (nSPS) is 9.00. The number of rotatable bonds is 3. The molecule has 0 fully saturated rings. The molecule has 6 heteroatoms. The predicted octanol–water partition coefficient (Wildman–Crippen LogP) is 2.18. The number of anilines is 1. The molecule has 0 aliphatic heterocycles. The maximum absolute atomic E-state index is 11.4. The van der Waals surface area contributed by atoms with Crippen LogP contribution in [0, 0.1) is 11.8 Å². The van der Waals surface area contributed by atoms with Crippen molar-refractivity contribution in [3.05, 3.63) is 28.8 Å². The lowest BCUT2D eigenvalue weighted by atomic mass is 10.2. The van der Waals surface area contributed by atoms with Crippen LogP contribution in [0.25, 0.3) is 0 Å². The Hall–Kier alpha value is -2.19. The average molecular weight is 267 g/mol. The molecule has 0 saturated heterocycles. The van der Waals surface area contributed by atoms with Crippen molar-refractivity contribution in [1.29, 1.82) is 0 Å². The second kappa shape index (κ2) is 6.52. The number of carboxylic acid groups (broad SMARTS) is 1. The van der Waals surface area contributed by atoms with Crippen molar-refractivity contribution < 1.29 is 14.7 Å². The summed E-state index contributed by atoms with van der Waals surface area (Å²) in [7, 11) is 0. The molecule has 2 amide bonds. The zero-order valence-electron chi connectivity index (χ0n) is 9.58. The molecular weight excluding hydrogens is 256 g/mol. The van der Waals surface area contributed by atoms with Gasteiger partial charge in [-0.2, -0.15) is 0 Å². The number of aromatic carboxylic acids is 1. The maximum atomic E-state index is 11.4. The molecule has 0 unspecified atom stereocenters. The highest BCUT2D eigenvalue weighted by Gasteiger charge is 2.09. The van der Waals surface area contributed by atoms with Crippen LogP contribution in [0.15, 0.2) is 18.2 Å².